The van der Waals surface area contributed by atoms with Crippen LogP contribution in [0.25, 0.3) is 11.0 Å². The Morgan fingerprint density at radius 2 is 1.85 bits per heavy atom. The van der Waals surface area contributed by atoms with Gasteiger partial charge < -0.3 is 13.9 Å². The lowest BCUT2D eigenvalue weighted by atomic mass is 9.90. The average molecular weight is 373 g/mol. The van der Waals surface area contributed by atoms with Crippen LogP contribution in [0.5, 0.6) is 5.75 Å². The van der Waals surface area contributed by atoms with Crippen molar-refractivity contribution in [3.8, 4) is 5.75 Å². The van der Waals surface area contributed by atoms with Crippen LogP contribution in [0, 0.1) is 0 Å². The first-order valence-corrected chi connectivity index (χ1v) is 8.33. The molecule has 0 radical (unpaired) electrons. The molecule has 0 aliphatic rings. The van der Waals surface area contributed by atoms with Crippen molar-refractivity contribution in [3.63, 3.8) is 0 Å². The fourth-order valence-corrected chi connectivity index (χ4v) is 3.03. The number of methoxy groups -OCH3 is 2. The zero-order valence-corrected chi connectivity index (χ0v) is 15.1. The van der Waals surface area contributed by atoms with Gasteiger partial charge in [-0.3, -0.25) is 4.79 Å². The lowest BCUT2D eigenvalue weighted by Gasteiger charge is -2.17. The van der Waals surface area contributed by atoms with Crippen LogP contribution in [-0.4, -0.2) is 20.2 Å². The number of esters is 1. The quantitative estimate of drug-likeness (QED) is 0.501. The molecule has 3 rings (SSSR count). The van der Waals surface area contributed by atoms with Gasteiger partial charge in [0.2, 0.25) is 0 Å². The summed E-state index contributed by atoms with van der Waals surface area (Å²) in [6.07, 6.45) is 0.369. The minimum atomic E-state index is -0.652. The van der Waals surface area contributed by atoms with Crippen LogP contribution < -0.4 is 10.4 Å². The Bertz CT molecular complexity index is 991. The van der Waals surface area contributed by atoms with E-state index in [0.29, 0.717) is 33.7 Å². The molecule has 0 unspecified atom stereocenters. The Morgan fingerprint density at radius 3 is 2.50 bits per heavy atom. The second-order valence-electron chi connectivity index (χ2n) is 5.79. The summed E-state index contributed by atoms with van der Waals surface area (Å²) in [4.78, 5) is 24.5. The summed E-state index contributed by atoms with van der Waals surface area (Å²) < 4.78 is 15.4. The molecule has 0 aliphatic carbocycles. The van der Waals surface area contributed by atoms with Crippen LogP contribution in [0.2, 0.25) is 5.02 Å². The van der Waals surface area contributed by atoms with Crippen LogP contribution in [-0.2, 0) is 16.0 Å². The number of hydrogen-bond acceptors (Lipinski definition) is 5. The highest BCUT2D eigenvalue weighted by atomic mass is 35.5. The monoisotopic (exact) mass is 372 g/mol. The normalized spacial score (nSPS) is 12.0. The fraction of sp³-hybridized carbons (Fsp3) is 0.200. The van der Waals surface area contributed by atoms with E-state index in [1.165, 1.54) is 20.3 Å². The van der Waals surface area contributed by atoms with Crippen molar-refractivity contribution in [1.29, 1.82) is 0 Å². The molecule has 0 spiro atoms. The maximum Gasteiger partial charge on any atom is 0.336 e. The van der Waals surface area contributed by atoms with E-state index in [-0.39, 0.29) is 0 Å². The molecule has 134 valence electrons. The van der Waals surface area contributed by atoms with Gasteiger partial charge in [0.05, 0.1) is 20.1 Å². The smallest absolute Gasteiger partial charge is 0.336 e. The maximum absolute atomic E-state index is 12.5. The minimum Gasteiger partial charge on any atom is -0.497 e. The summed E-state index contributed by atoms with van der Waals surface area (Å²) in [5.41, 5.74) is 1.28. The molecule has 3 aromatic rings. The SMILES string of the molecule is COC(=O)[C@H](Cc1ccc(Cl)cc1)c1cc(=O)oc2cc(OC)ccc12. The number of hydrogen-bond donors (Lipinski definition) is 0. The lowest BCUT2D eigenvalue weighted by molar-refractivity contribution is -0.142. The van der Waals surface area contributed by atoms with Crippen molar-refractivity contribution < 1.29 is 18.7 Å². The first-order chi connectivity index (χ1) is 12.5. The van der Waals surface area contributed by atoms with Gasteiger partial charge in [0, 0.05) is 22.5 Å². The van der Waals surface area contributed by atoms with E-state index < -0.39 is 17.5 Å². The van der Waals surface area contributed by atoms with Gasteiger partial charge in [-0.25, -0.2) is 4.79 Å². The van der Waals surface area contributed by atoms with Crippen LogP contribution in [0.1, 0.15) is 17.0 Å². The Balaban J connectivity index is 2.12. The van der Waals surface area contributed by atoms with Crippen molar-refractivity contribution in [2.24, 2.45) is 0 Å². The Morgan fingerprint density at radius 1 is 1.12 bits per heavy atom. The number of carbonyl (C=O) groups excluding carboxylic acids is 1. The van der Waals surface area contributed by atoms with E-state index in [9.17, 15) is 9.59 Å². The molecular formula is C20H17ClO5. The molecule has 5 nitrogen and oxygen atoms in total. The Hall–Kier alpha value is -2.79. The van der Waals surface area contributed by atoms with Gasteiger partial charge in [-0.15, -0.1) is 0 Å². The van der Waals surface area contributed by atoms with Crippen molar-refractivity contribution in [3.05, 3.63) is 75.1 Å². The van der Waals surface area contributed by atoms with Crippen LogP contribution in [0.4, 0.5) is 0 Å². The lowest BCUT2D eigenvalue weighted by Crippen LogP contribution is -2.19. The number of benzene rings is 2. The number of ether oxygens (including phenoxy) is 2. The average Bonchev–Trinajstić information content (AvgIpc) is 2.65. The maximum atomic E-state index is 12.5. The Labute approximate surface area is 155 Å². The van der Waals surface area contributed by atoms with Gasteiger partial charge in [0.15, 0.2) is 0 Å². The van der Waals surface area contributed by atoms with E-state index in [0.717, 1.165) is 5.56 Å². The Kier molecular flexibility index (Phi) is 5.28. The first kappa shape index (κ1) is 18.0. The number of carbonyl (C=O) groups is 1. The highest BCUT2D eigenvalue weighted by molar-refractivity contribution is 6.30. The minimum absolute atomic E-state index is 0.358. The molecule has 0 bridgehead atoms. The van der Waals surface area contributed by atoms with Crippen LogP contribution in [0.3, 0.4) is 0 Å². The van der Waals surface area contributed by atoms with Gasteiger partial charge in [-0.1, -0.05) is 23.7 Å². The molecule has 1 atom stereocenters. The molecule has 0 fully saturated rings. The number of fused-ring (bicyclic) bond motifs is 1. The summed E-state index contributed by atoms with van der Waals surface area (Å²) in [5.74, 6) is -0.519. The molecule has 0 saturated carbocycles. The number of halogens is 1. The molecule has 26 heavy (non-hydrogen) atoms. The van der Waals surface area contributed by atoms with Gasteiger partial charge >= 0.3 is 11.6 Å². The van der Waals surface area contributed by atoms with E-state index >= 15 is 0 Å². The topological polar surface area (TPSA) is 65.7 Å². The largest absolute Gasteiger partial charge is 0.497 e. The van der Waals surface area contributed by atoms with Crippen molar-refractivity contribution >= 4 is 28.5 Å². The van der Waals surface area contributed by atoms with Gasteiger partial charge in [-0.2, -0.15) is 0 Å². The summed E-state index contributed by atoms with van der Waals surface area (Å²) in [6.45, 7) is 0. The zero-order chi connectivity index (χ0) is 18.7. The van der Waals surface area contributed by atoms with Crippen LogP contribution >= 0.6 is 11.6 Å². The standard InChI is InChI=1S/C20H17ClO5/c1-24-14-7-8-15-16(11-19(22)26-18(15)10-14)17(20(23)25-2)9-12-3-5-13(21)6-4-12/h3-8,10-11,17H,9H2,1-2H3/t17-/m1/s1. The molecule has 0 amide bonds. The summed E-state index contributed by atoms with van der Waals surface area (Å²) in [5, 5.41) is 1.27. The van der Waals surface area contributed by atoms with Gasteiger partial charge in [-0.05, 0) is 41.8 Å². The predicted octanol–water partition coefficient (Wildman–Crippen LogP) is 3.95. The van der Waals surface area contributed by atoms with Crippen molar-refractivity contribution in [1.82, 2.24) is 0 Å². The van der Waals surface area contributed by atoms with Crippen molar-refractivity contribution in [2.45, 2.75) is 12.3 Å². The summed E-state index contributed by atoms with van der Waals surface area (Å²) >= 11 is 5.93. The van der Waals surface area contributed by atoms with E-state index in [4.69, 9.17) is 25.5 Å². The highest BCUT2D eigenvalue weighted by Crippen LogP contribution is 2.30. The summed E-state index contributed by atoms with van der Waals surface area (Å²) in [6, 6.07) is 13.7. The molecular weight excluding hydrogens is 356 g/mol. The van der Waals surface area contributed by atoms with Crippen molar-refractivity contribution in [2.75, 3.05) is 14.2 Å². The predicted molar refractivity (Wildman–Crippen MR) is 98.9 cm³/mol. The molecule has 0 N–H and O–H groups in total. The molecule has 0 saturated heterocycles. The van der Waals surface area contributed by atoms with E-state index in [2.05, 4.69) is 0 Å². The molecule has 6 heteroatoms. The second kappa shape index (κ2) is 7.62. The van der Waals surface area contributed by atoms with Gasteiger partial charge in [0.25, 0.3) is 0 Å². The zero-order valence-electron chi connectivity index (χ0n) is 14.3. The number of rotatable bonds is 5. The first-order valence-electron chi connectivity index (χ1n) is 7.96. The third kappa shape index (κ3) is 3.73. The van der Waals surface area contributed by atoms with Crippen LogP contribution in [0.15, 0.2) is 57.7 Å². The highest BCUT2D eigenvalue weighted by Gasteiger charge is 2.25. The fourth-order valence-electron chi connectivity index (χ4n) is 2.90. The van der Waals surface area contributed by atoms with E-state index in [1.807, 2.05) is 12.1 Å². The third-order valence-corrected chi connectivity index (χ3v) is 4.45. The second-order valence-corrected chi connectivity index (χ2v) is 6.23. The molecule has 0 aliphatic heterocycles. The van der Waals surface area contributed by atoms with E-state index in [1.54, 1.807) is 30.3 Å². The molecule has 2 aromatic carbocycles. The summed E-state index contributed by atoms with van der Waals surface area (Å²) in [7, 11) is 2.86. The van der Waals surface area contributed by atoms with Gasteiger partial charge in [0.1, 0.15) is 11.3 Å². The molecule has 1 aromatic heterocycles. The third-order valence-electron chi connectivity index (χ3n) is 4.20. The molecule has 1 heterocycles.